The number of nitrogens with zero attached hydrogens (tertiary/aromatic N) is 1. The molecule has 2 saturated carbocycles. The van der Waals surface area contributed by atoms with Gasteiger partial charge in [0.25, 0.3) is 0 Å². The molecule has 4 fully saturated rings. The highest BCUT2D eigenvalue weighted by Gasteiger charge is 2.52. The Morgan fingerprint density at radius 1 is 1.08 bits per heavy atom. The number of carbonyl (C=O) groups excluding carboxylic acids is 1. The number of carbonyl (C=O) groups is 1. The highest BCUT2D eigenvalue weighted by Crippen LogP contribution is 2.53. The zero-order valence-electron chi connectivity index (χ0n) is 7.49. The van der Waals surface area contributed by atoms with Crippen molar-refractivity contribution in [1.82, 2.24) is 4.90 Å². The number of rotatable bonds is 0. The molecule has 2 heterocycles. The Kier molecular flexibility index (Phi) is 1.18. The molecule has 2 saturated heterocycles. The summed E-state index contributed by atoms with van der Waals surface area (Å²) in [6.45, 7) is 1.73. The van der Waals surface area contributed by atoms with E-state index in [1.807, 2.05) is 0 Å². The molecule has 0 radical (unpaired) electrons. The molecule has 66 valence electrons. The monoisotopic (exact) mass is 165 g/mol. The topological polar surface area (TPSA) is 20.3 Å². The van der Waals surface area contributed by atoms with Crippen LogP contribution in [0.25, 0.3) is 0 Å². The first-order valence-electron chi connectivity index (χ1n) is 5.04. The van der Waals surface area contributed by atoms with Gasteiger partial charge in [-0.1, -0.05) is 0 Å². The van der Waals surface area contributed by atoms with Crippen LogP contribution in [0.2, 0.25) is 0 Å². The smallest absolute Gasteiger partial charge is 0.219 e. The molecule has 4 rings (SSSR count). The zero-order valence-corrected chi connectivity index (χ0v) is 7.49. The molecular weight excluding hydrogens is 150 g/mol. The second kappa shape index (κ2) is 2.04. The quantitative estimate of drug-likeness (QED) is 0.531. The molecule has 2 aliphatic heterocycles. The second-order valence-corrected chi connectivity index (χ2v) is 4.70. The van der Waals surface area contributed by atoms with E-state index in [1.165, 1.54) is 25.7 Å². The summed E-state index contributed by atoms with van der Waals surface area (Å²) in [6.07, 6.45) is 5.23. The zero-order chi connectivity index (χ0) is 8.29. The summed E-state index contributed by atoms with van der Waals surface area (Å²) in [5.41, 5.74) is 0. The predicted molar refractivity (Wildman–Crippen MR) is 45.5 cm³/mol. The van der Waals surface area contributed by atoms with Crippen molar-refractivity contribution in [2.45, 2.75) is 44.7 Å². The van der Waals surface area contributed by atoms with E-state index in [1.54, 1.807) is 6.92 Å². The van der Waals surface area contributed by atoms with E-state index in [-0.39, 0.29) is 0 Å². The van der Waals surface area contributed by atoms with Gasteiger partial charge in [0.15, 0.2) is 0 Å². The lowest BCUT2D eigenvalue weighted by Gasteiger charge is -2.39. The van der Waals surface area contributed by atoms with Gasteiger partial charge in [-0.25, -0.2) is 0 Å². The Bertz CT molecular complexity index is 208. The fourth-order valence-electron chi connectivity index (χ4n) is 3.82. The number of hydrogen-bond donors (Lipinski definition) is 0. The van der Waals surface area contributed by atoms with Crippen molar-refractivity contribution in [3.63, 3.8) is 0 Å². The lowest BCUT2D eigenvalue weighted by molar-refractivity contribution is -0.135. The Balaban J connectivity index is 1.93. The third-order valence-electron chi connectivity index (χ3n) is 4.12. The molecule has 2 heteroatoms. The second-order valence-electron chi connectivity index (χ2n) is 4.70. The SMILES string of the molecule is CC(=O)N1C2CC3CC1CC3C2. The van der Waals surface area contributed by atoms with Gasteiger partial charge >= 0.3 is 0 Å². The van der Waals surface area contributed by atoms with E-state index in [4.69, 9.17) is 0 Å². The van der Waals surface area contributed by atoms with Crippen molar-refractivity contribution >= 4 is 5.91 Å². The van der Waals surface area contributed by atoms with E-state index in [0.717, 1.165) is 11.8 Å². The van der Waals surface area contributed by atoms with Gasteiger partial charge in [0, 0.05) is 19.0 Å². The highest BCUT2D eigenvalue weighted by molar-refractivity contribution is 5.74. The fourth-order valence-corrected chi connectivity index (χ4v) is 3.82. The summed E-state index contributed by atoms with van der Waals surface area (Å²) >= 11 is 0. The van der Waals surface area contributed by atoms with E-state index in [2.05, 4.69) is 4.90 Å². The first-order valence-corrected chi connectivity index (χ1v) is 5.04. The van der Waals surface area contributed by atoms with Crippen LogP contribution >= 0.6 is 0 Å². The van der Waals surface area contributed by atoms with Gasteiger partial charge in [0.1, 0.15) is 0 Å². The van der Waals surface area contributed by atoms with E-state index in [0.29, 0.717) is 18.0 Å². The number of piperidine rings is 2. The van der Waals surface area contributed by atoms with Crippen molar-refractivity contribution in [3.8, 4) is 0 Å². The van der Waals surface area contributed by atoms with Crippen LogP contribution in [0, 0.1) is 11.8 Å². The molecule has 0 aromatic carbocycles. The van der Waals surface area contributed by atoms with Gasteiger partial charge < -0.3 is 4.90 Å². The van der Waals surface area contributed by atoms with Crippen LogP contribution in [-0.4, -0.2) is 22.9 Å². The minimum atomic E-state index is 0.309. The van der Waals surface area contributed by atoms with Crippen molar-refractivity contribution in [2.75, 3.05) is 0 Å². The summed E-state index contributed by atoms with van der Waals surface area (Å²) in [5, 5.41) is 0. The van der Waals surface area contributed by atoms with Crippen LogP contribution in [-0.2, 0) is 4.79 Å². The van der Waals surface area contributed by atoms with Gasteiger partial charge in [-0.05, 0) is 37.5 Å². The molecule has 0 aromatic heterocycles. The standard InChI is InChI=1S/C10H15NO/c1-6(12)11-9-2-7-3-10(11)5-8(7)4-9/h7-10H,2-5H2,1H3. The van der Waals surface area contributed by atoms with Gasteiger partial charge in [-0.2, -0.15) is 0 Å². The van der Waals surface area contributed by atoms with Crippen molar-refractivity contribution in [1.29, 1.82) is 0 Å². The Labute approximate surface area is 72.9 Å². The van der Waals surface area contributed by atoms with Gasteiger partial charge in [0.05, 0.1) is 0 Å². The first-order chi connectivity index (χ1) is 5.75. The summed E-state index contributed by atoms with van der Waals surface area (Å²) in [4.78, 5) is 13.5. The van der Waals surface area contributed by atoms with Gasteiger partial charge in [0.2, 0.25) is 5.91 Å². The highest BCUT2D eigenvalue weighted by atomic mass is 16.2. The minimum absolute atomic E-state index is 0.309. The summed E-state index contributed by atoms with van der Waals surface area (Å²) in [5.74, 6) is 2.27. The third kappa shape index (κ3) is 0.686. The minimum Gasteiger partial charge on any atom is -0.337 e. The largest absolute Gasteiger partial charge is 0.337 e. The van der Waals surface area contributed by atoms with Crippen molar-refractivity contribution < 1.29 is 4.79 Å². The third-order valence-corrected chi connectivity index (χ3v) is 4.12. The normalized spacial score (nSPS) is 48.9. The molecule has 4 bridgehead atoms. The molecule has 0 atom stereocenters. The first kappa shape index (κ1) is 6.93. The average molecular weight is 165 g/mol. The molecule has 2 aliphatic carbocycles. The number of amides is 1. The van der Waals surface area contributed by atoms with E-state index < -0.39 is 0 Å². The Morgan fingerprint density at radius 3 is 1.83 bits per heavy atom. The fraction of sp³-hybridized carbons (Fsp3) is 0.900. The Hall–Kier alpha value is -0.530. The molecule has 1 amide bonds. The average Bonchev–Trinajstić information content (AvgIpc) is 2.41. The molecule has 12 heavy (non-hydrogen) atoms. The summed E-state index contributed by atoms with van der Waals surface area (Å²) < 4.78 is 0. The summed E-state index contributed by atoms with van der Waals surface area (Å²) in [6, 6.07) is 1.26. The van der Waals surface area contributed by atoms with Crippen LogP contribution < -0.4 is 0 Å². The van der Waals surface area contributed by atoms with E-state index in [9.17, 15) is 4.79 Å². The number of hydrogen-bond acceptors (Lipinski definition) is 1. The maximum atomic E-state index is 11.3. The molecule has 0 aromatic rings. The van der Waals surface area contributed by atoms with Crippen LogP contribution in [0.1, 0.15) is 32.6 Å². The summed E-state index contributed by atoms with van der Waals surface area (Å²) in [7, 11) is 0. The Morgan fingerprint density at radius 2 is 1.50 bits per heavy atom. The lowest BCUT2D eigenvalue weighted by atomic mass is 9.97. The lowest BCUT2D eigenvalue weighted by Crippen LogP contribution is -2.48. The van der Waals surface area contributed by atoms with Crippen LogP contribution in [0.4, 0.5) is 0 Å². The molecule has 0 unspecified atom stereocenters. The molecule has 2 nitrogen and oxygen atoms in total. The van der Waals surface area contributed by atoms with Crippen LogP contribution in [0.15, 0.2) is 0 Å². The molecular formula is C10H15NO. The molecule has 0 N–H and O–H groups in total. The van der Waals surface area contributed by atoms with Crippen molar-refractivity contribution in [3.05, 3.63) is 0 Å². The van der Waals surface area contributed by atoms with Crippen LogP contribution in [0.3, 0.4) is 0 Å². The molecule has 0 spiro atoms. The van der Waals surface area contributed by atoms with Crippen molar-refractivity contribution in [2.24, 2.45) is 11.8 Å². The molecule has 4 aliphatic rings. The maximum absolute atomic E-state index is 11.3. The van der Waals surface area contributed by atoms with Gasteiger partial charge in [-0.15, -0.1) is 0 Å². The predicted octanol–water partition coefficient (Wildman–Crippen LogP) is 1.41. The van der Waals surface area contributed by atoms with Crippen LogP contribution in [0.5, 0.6) is 0 Å². The maximum Gasteiger partial charge on any atom is 0.219 e. The van der Waals surface area contributed by atoms with Gasteiger partial charge in [-0.3, -0.25) is 4.79 Å². The van der Waals surface area contributed by atoms with E-state index >= 15 is 0 Å².